The molecule has 0 aliphatic carbocycles. The van der Waals surface area contributed by atoms with Crippen molar-refractivity contribution >= 4 is 12.5 Å². The summed E-state index contributed by atoms with van der Waals surface area (Å²) in [5, 5.41) is 0. The molecule has 0 aromatic heterocycles. The van der Waals surface area contributed by atoms with E-state index in [4.69, 9.17) is 0 Å². The lowest BCUT2D eigenvalue weighted by atomic mass is 10.0. The van der Waals surface area contributed by atoms with Crippen LogP contribution >= 0.6 is 0 Å². The van der Waals surface area contributed by atoms with E-state index in [2.05, 4.69) is 13.2 Å². The van der Waals surface area contributed by atoms with Gasteiger partial charge in [-0.15, -0.1) is 0 Å². The second-order valence-corrected chi connectivity index (χ2v) is 4.01. The molecule has 18 heavy (non-hydrogen) atoms. The second-order valence-electron chi connectivity index (χ2n) is 4.01. The number of fused-ring (bicyclic) bond motifs is 1. The first-order valence-corrected chi connectivity index (χ1v) is 5.77. The SMILES string of the molecule is C=CC1=C(\C=C)N(C=O)Cc2ccccc2/C=C\1. The monoisotopic (exact) mass is 237 g/mol. The molecule has 2 heteroatoms. The van der Waals surface area contributed by atoms with Crippen LogP contribution in [0.15, 0.2) is 66.9 Å². The molecule has 1 aliphatic heterocycles. The fraction of sp³-hybridized carbons (Fsp3) is 0.0625. The van der Waals surface area contributed by atoms with Gasteiger partial charge in [0.1, 0.15) is 0 Å². The predicted octanol–water partition coefficient (Wildman–Crippen LogP) is 3.30. The Bertz CT molecular complexity index is 552. The highest BCUT2D eigenvalue weighted by Gasteiger charge is 2.13. The topological polar surface area (TPSA) is 20.3 Å². The molecule has 1 aliphatic rings. The van der Waals surface area contributed by atoms with Gasteiger partial charge in [0, 0.05) is 0 Å². The van der Waals surface area contributed by atoms with Gasteiger partial charge in [-0.05, 0) is 22.8 Å². The Morgan fingerprint density at radius 2 is 1.89 bits per heavy atom. The summed E-state index contributed by atoms with van der Waals surface area (Å²) in [6, 6.07) is 8.02. The smallest absolute Gasteiger partial charge is 0.214 e. The van der Waals surface area contributed by atoms with Gasteiger partial charge in [0.05, 0.1) is 12.2 Å². The fourth-order valence-corrected chi connectivity index (χ4v) is 2.04. The van der Waals surface area contributed by atoms with E-state index in [1.54, 1.807) is 17.1 Å². The van der Waals surface area contributed by atoms with Crippen LogP contribution in [-0.4, -0.2) is 11.3 Å². The molecular weight excluding hydrogens is 222 g/mol. The Hall–Kier alpha value is -2.35. The lowest BCUT2D eigenvalue weighted by Crippen LogP contribution is -2.22. The first-order valence-electron chi connectivity index (χ1n) is 5.77. The third-order valence-corrected chi connectivity index (χ3v) is 2.98. The maximum atomic E-state index is 11.3. The van der Waals surface area contributed by atoms with Gasteiger partial charge in [-0.25, -0.2) is 0 Å². The number of benzene rings is 1. The van der Waals surface area contributed by atoms with Crippen molar-refractivity contribution in [2.75, 3.05) is 0 Å². The van der Waals surface area contributed by atoms with Crippen molar-refractivity contribution in [3.8, 4) is 0 Å². The molecule has 0 spiro atoms. The molecule has 1 aromatic rings. The number of allylic oxidation sites excluding steroid dienone is 4. The molecule has 1 amide bonds. The molecule has 0 N–H and O–H groups in total. The highest BCUT2D eigenvalue weighted by atomic mass is 16.1. The largest absolute Gasteiger partial charge is 0.310 e. The number of nitrogens with zero attached hydrogens (tertiary/aromatic N) is 1. The van der Waals surface area contributed by atoms with Crippen molar-refractivity contribution in [2.24, 2.45) is 0 Å². The van der Waals surface area contributed by atoms with E-state index >= 15 is 0 Å². The summed E-state index contributed by atoms with van der Waals surface area (Å²) in [6.45, 7) is 8.09. The second kappa shape index (κ2) is 5.32. The maximum absolute atomic E-state index is 11.3. The molecule has 1 heterocycles. The first-order chi connectivity index (χ1) is 8.80. The molecule has 0 radical (unpaired) electrons. The molecule has 90 valence electrons. The highest BCUT2D eigenvalue weighted by molar-refractivity contribution is 5.64. The Kier molecular flexibility index (Phi) is 3.58. The lowest BCUT2D eigenvalue weighted by Gasteiger charge is -2.23. The van der Waals surface area contributed by atoms with E-state index in [1.807, 2.05) is 36.4 Å². The Labute approximate surface area is 107 Å². The molecule has 0 saturated heterocycles. The quantitative estimate of drug-likeness (QED) is 0.739. The predicted molar refractivity (Wildman–Crippen MR) is 74.5 cm³/mol. The molecular formula is C16H15NO. The van der Waals surface area contributed by atoms with Crippen molar-refractivity contribution in [2.45, 2.75) is 6.54 Å². The minimum Gasteiger partial charge on any atom is -0.310 e. The van der Waals surface area contributed by atoms with Crippen molar-refractivity contribution in [1.82, 2.24) is 4.90 Å². The van der Waals surface area contributed by atoms with E-state index in [0.29, 0.717) is 6.54 Å². The first kappa shape index (κ1) is 12.1. The number of carbonyl (C=O) groups excluding carboxylic acids is 1. The number of amides is 1. The molecule has 0 atom stereocenters. The van der Waals surface area contributed by atoms with E-state index in [1.165, 1.54) is 0 Å². The van der Waals surface area contributed by atoms with Crippen LogP contribution in [0.1, 0.15) is 11.1 Å². The normalized spacial score (nSPS) is 20.3. The molecule has 0 unspecified atom stereocenters. The van der Waals surface area contributed by atoms with Crippen molar-refractivity contribution in [3.05, 3.63) is 78.0 Å². The van der Waals surface area contributed by atoms with Gasteiger partial charge in [0.15, 0.2) is 0 Å². The molecule has 0 bridgehead atoms. The van der Waals surface area contributed by atoms with Crippen LogP contribution < -0.4 is 0 Å². The average Bonchev–Trinajstić information content (AvgIpc) is 2.40. The summed E-state index contributed by atoms with van der Waals surface area (Å²) in [5.74, 6) is 0. The molecule has 2 rings (SSSR count). The maximum Gasteiger partial charge on any atom is 0.214 e. The third kappa shape index (κ3) is 2.18. The molecule has 0 saturated carbocycles. The summed E-state index contributed by atoms with van der Waals surface area (Å²) in [6.07, 6.45) is 8.24. The van der Waals surface area contributed by atoms with Crippen LogP contribution in [0.2, 0.25) is 0 Å². The van der Waals surface area contributed by atoms with E-state index in [9.17, 15) is 4.79 Å². The number of rotatable bonds is 3. The fourth-order valence-electron chi connectivity index (χ4n) is 2.04. The van der Waals surface area contributed by atoms with Crippen LogP contribution in [0.3, 0.4) is 0 Å². The number of hydrogen-bond donors (Lipinski definition) is 0. The van der Waals surface area contributed by atoms with Crippen LogP contribution in [0.25, 0.3) is 6.08 Å². The zero-order chi connectivity index (χ0) is 13.0. The van der Waals surface area contributed by atoms with Crippen LogP contribution in [0.5, 0.6) is 0 Å². The van der Waals surface area contributed by atoms with Gasteiger partial charge in [0.25, 0.3) is 0 Å². The Balaban J connectivity index is 2.59. The van der Waals surface area contributed by atoms with Gasteiger partial charge in [-0.2, -0.15) is 0 Å². The van der Waals surface area contributed by atoms with Crippen molar-refractivity contribution in [1.29, 1.82) is 0 Å². The van der Waals surface area contributed by atoms with Gasteiger partial charge < -0.3 is 4.90 Å². The van der Waals surface area contributed by atoms with Crippen LogP contribution in [0.4, 0.5) is 0 Å². The highest BCUT2D eigenvalue weighted by Crippen LogP contribution is 2.23. The number of carbonyl (C=O) groups is 1. The van der Waals surface area contributed by atoms with Crippen molar-refractivity contribution < 1.29 is 4.79 Å². The molecule has 2 nitrogen and oxygen atoms in total. The van der Waals surface area contributed by atoms with E-state index < -0.39 is 0 Å². The molecule has 0 fully saturated rings. The van der Waals surface area contributed by atoms with Gasteiger partial charge >= 0.3 is 0 Å². The minimum atomic E-state index is 0.544. The van der Waals surface area contributed by atoms with E-state index in [0.717, 1.165) is 28.8 Å². The summed E-state index contributed by atoms with van der Waals surface area (Å²) < 4.78 is 0. The van der Waals surface area contributed by atoms with Crippen molar-refractivity contribution in [3.63, 3.8) is 0 Å². The summed E-state index contributed by atoms with van der Waals surface area (Å²) in [4.78, 5) is 12.9. The minimum absolute atomic E-state index is 0.544. The van der Waals surface area contributed by atoms with Crippen LogP contribution in [-0.2, 0) is 11.3 Å². The Morgan fingerprint density at radius 1 is 1.11 bits per heavy atom. The summed E-state index contributed by atoms with van der Waals surface area (Å²) in [7, 11) is 0. The summed E-state index contributed by atoms with van der Waals surface area (Å²) >= 11 is 0. The number of hydrogen-bond acceptors (Lipinski definition) is 1. The van der Waals surface area contributed by atoms with Crippen LogP contribution in [0, 0.1) is 0 Å². The standard InChI is InChI=1S/C16H15NO/c1-3-13-9-10-14-7-5-6-8-15(14)11-17(12-18)16(13)4-2/h3-10,12H,1-2,11H2/b10-9-,16-13-. The van der Waals surface area contributed by atoms with Gasteiger partial charge in [-0.1, -0.05) is 55.7 Å². The lowest BCUT2D eigenvalue weighted by molar-refractivity contribution is -0.116. The third-order valence-electron chi connectivity index (χ3n) is 2.98. The van der Waals surface area contributed by atoms with Gasteiger partial charge in [-0.3, -0.25) is 4.79 Å². The van der Waals surface area contributed by atoms with Gasteiger partial charge in [0.2, 0.25) is 6.41 Å². The summed E-state index contributed by atoms with van der Waals surface area (Å²) in [5.41, 5.74) is 3.91. The zero-order valence-electron chi connectivity index (χ0n) is 10.2. The Morgan fingerprint density at radius 3 is 2.56 bits per heavy atom. The molecule has 1 aromatic carbocycles. The van der Waals surface area contributed by atoms with E-state index in [-0.39, 0.29) is 0 Å². The zero-order valence-corrected chi connectivity index (χ0v) is 10.2. The average molecular weight is 237 g/mol.